The average molecular weight is 674 g/mol. The monoisotopic (exact) mass is 673 g/mol. The second-order valence-corrected chi connectivity index (χ2v) is 13.2. The molecular formula is C39H51N3O7. The Bertz CT molecular complexity index is 1580. The van der Waals surface area contributed by atoms with E-state index in [9.17, 15) is 24.6 Å². The molecule has 49 heavy (non-hydrogen) atoms. The lowest BCUT2D eigenvalue weighted by Gasteiger charge is -2.40. The number of para-hydroxylation sites is 1. The molecule has 0 fully saturated rings. The van der Waals surface area contributed by atoms with Crippen LogP contribution >= 0.6 is 0 Å². The van der Waals surface area contributed by atoms with Crippen molar-refractivity contribution in [3.05, 3.63) is 70.9 Å². The molecule has 264 valence electrons. The lowest BCUT2D eigenvalue weighted by atomic mass is 9.77. The molecule has 10 heteroatoms. The van der Waals surface area contributed by atoms with Gasteiger partial charge in [0.2, 0.25) is 11.8 Å². The number of aromatic nitrogens is 1. The van der Waals surface area contributed by atoms with Gasteiger partial charge in [0.1, 0.15) is 18.5 Å². The molecule has 2 aromatic carbocycles. The highest BCUT2D eigenvalue weighted by Gasteiger charge is 2.51. The Kier molecular flexibility index (Phi) is 12.9. The van der Waals surface area contributed by atoms with E-state index in [-0.39, 0.29) is 19.1 Å². The molecule has 2 aliphatic rings. The number of hydrogen-bond acceptors (Lipinski definition) is 7. The van der Waals surface area contributed by atoms with Crippen LogP contribution < -0.4 is 14.8 Å². The van der Waals surface area contributed by atoms with Crippen molar-refractivity contribution < 1.29 is 34.1 Å². The fraction of sp³-hybridized carbons (Fsp3) is 0.513. The predicted octanol–water partition coefficient (Wildman–Crippen LogP) is 5.60. The van der Waals surface area contributed by atoms with Gasteiger partial charge in [-0.05, 0) is 42.1 Å². The van der Waals surface area contributed by atoms with Crippen molar-refractivity contribution in [1.82, 2.24) is 15.2 Å². The van der Waals surface area contributed by atoms with Gasteiger partial charge >= 0.3 is 0 Å². The van der Waals surface area contributed by atoms with Gasteiger partial charge in [-0.15, -0.1) is 0 Å². The molecule has 0 saturated carbocycles. The first kappa shape index (κ1) is 36.1. The third-order valence-electron chi connectivity index (χ3n) is 9.79. The Morgan fingerprint density at radius 2 is 1.78 bits per heavy atom. The number of aldehydes is 1. The number of benzene rings is 2. The zero-order valence-corrected chi connectivity index (χ0v) is 28.8. The fourth-order valence-electron chi connectivity index (χ4n) is 7.24. The van der Waals surface area contributed by atoms with E-state index in [1.807, 2.05) is 24.3 Å². The predicted molar refractivity (Wildman–Crippen MR) is 189 cm³/mol. The SMILES string of the molecule is CCCCCCCCCCCC(=O)N(CCc1cc2ccccc2[nH]1)C1C=C(C(=O)NCCO)C2c3cc(C=O)cc(OC)c3OC2C1O. The smallest absolute Gasteiger partial charge is 0.247 e. The van der Waals surface area contributed by atoms with Crippen molar-refractivity contribution in [1.29, 1.82) is 0 Å². The molecule has 1 aromatic heterocycles. The van der Waals surface area contributed by atoms with Crippen LogP contribution in [-0.2, 0) is 16.0 Å². The summed E-state index contributed by atoms with van der Waals surface area (Å²) in [7, 11) is 1.47. The summed E-state index contributed by atoms with van der Waals surface area (Å²) in [6.07, 6.45) is 11.3. The van der Waals surface area contributed by atoms with Crippen LogP contribution in [-0.4, -0.2) is 83.3 Å². The van der Waals surface area contributed by atoms with Gasteiger partial charge in [-0.1, -0.05) is 76.5 Å². The first-order chi connectivity index (χ1) is 23.9. The van der Waals surface area contributed by atoms with E-state index in [0.29, 0.717) is 53.9 Å². The summed E-state index contributed by atoms with van der Waals surface area (Å²) in [5.74, 6) is -0.560. The number of unbranched alkanes of at least 4 members (excludes halogenated alkanes) is 8. The van der Waals surface area contributed by atoms with E-state index in [0.717, 1.165) is 42.3 Å². The minimum absolute atomic E-state index is 0.0355. The first-order valence-electron chi connectivity index (χ1n) is 17.9. The number of aromatic amines is 1. The lowest BCUT2D eigenvalue weighted by Crippen LogP contribution is -2.56. The van der Waals surface area contributed by atoms with Crippen LogP contribution in [0, 0.1) is 0 Å². The molecule has 1 aliphatic heterocycles. The van der Waals surface area contributed by atoms with Gasteiger partial charge in [0.15, 0.2) is 11.5 Å². The maximum absolute atomic E-state index is 14.1. The molecule has 2 amide bonds. The summed E-state index contributed by atoms with van der Waals surface area (Å²) in [6.45, 7) is 2.32. The van der Waals surface area contributed by atoms with E-state index in [4.69, 9.17) is 9.47 Å². The van der Waals surface area contributed by atoms with Gasteiger partial charge in [-0.3, -0.25) is 14.4 Å². The molecule has 0 bridgehead atoms. The van der Waals surface area contributed by atoms with E-state index >= 15 is 0 Å². The van der Waals surface area contributed by atoms with Gasteiger partial charge in [-0.2, -0.15) is 0 Å². The van der Waals surface area contributed by atoms with E-state index < -0.39 is 30.1 Å². The van der Waals surface area contributed by atoms with Crippen LogP contribution in [0.1, 0.15) is 98.7 Å². The number of aliphatic hydroxyl groups excluding tert-OH is 2. The number of hydrogen-bond donors (Lipinski definition) is 4. The van der Waals surface area contributed by atoms with E-state index in [1.54, 1.807) is 23.1 Å². The molecule has 4 atom stereocenters. The Morgan fingerprint density at radius 3 is 2.47 bits per heavy atom. The van der Waals surface area contributed by atoms with Crippen molar-refractivity contribution in [2.45, 2.75) is 102 Å². The zero-order chi connectivity index (χ0) is 34.8. The molecule has 10 nitrogen and oxygen atoms in total. The number of methoxy groups -OCH3 is 1. The quantitative estimate of drug-likeness (QED) is 0.0959. The largest absolute Gasteiger partial charge is 0.493 e. The highest BCUT2D eigenvalue weighted by Crippen LogP contribution is 2.51. The molecule has 3 aromatic rings. The summed E-state index contributed by atoms with van der Waals surface area (Å²) in [6, 6.07) is 12.4. The number of carbonyl (C=O) groups is 3. The van der Waals surface area contributed by atoms with Crippen LogP contribution in [0.15, 0.2) is 54.1 Å². The number of fused-ring (bicyclic) bond motifs is 4. The fourth-order valence-corrected chi connectivity index (χ4v) is 7.24. The molecular weight excluding hydrogens is 622 g/mol. The molecule has 4 unspecified atom stereocenters. The second-order valence-electron chi connectivity index (χ2n) is 13.2. The Morgan fingerprint density at radius 1 is 1.04 bits per heavy atom. The van der Waals surface area contributed by atoms with Crippen molar-refractivity contribution in [3.63, 3.8) is 0 Å². The van der Waals surface area contributed by atoms with Crippen LogP contribution in [0.25, 0.3) is 10.9 Å². The molecule has 0 saturated heterocycles. The van der Waals surface area contributed by atoms with Crippen molar-refractivity contribution in [3.8, 4) is 11.5 Å². The minimum atomic E-state index is -1.18. The second kappa shape index (κ2) is 17.5. The topological polar surface area (TPSA) is 141 Å². The molecule has 1 aliphatic carbocycles. The number of carbonyl (C=O) groups excluding carboxylic acids is 3. The first-order valence-corrected chi connectivity index (χ1v) is 17.9. The average Bonchev–Trinajstić information content (AvgIpc) is 3.72. The molecule has 4 N–H and O–H groups in total. The third-order valence-corrected chi connectivity index (χ3v) is 9.79. The summed E-state index contributed by atoms with van der Waals surface area (Å²) in [5.41, 5.74) is 3.19. The van der Waals surface area contributed by atoms with Crippen molar-refractivity contribution in [2.24, 2.45) is 0 Å². The van der Waals surface area contributed by atoms with E-state index in [2.05, 4.69) is 23.3 Å². The van der Waals surface area contributed by atoms with Gasteiger partial charge in [-0.25, -0.2) is 0 Å². The van der Waals surface area contributed by atoms with Crippen LogP contribution in [0.4, 0.5) is 0 Å². The minimum Gasteiger partial charge on any atom is -0.493 e. The summed E-state index contributed by atoms with van der Waals surface area (Å²) in [5, 5.41) is 25.3. The molecule has 0 spiro atoms. The number of H-pyrrole nitrogens is 1. The maximum atomic E-state index is 14.1. The van der Waals surface area contributed by atoms with Crippen LogP contribution in [0.5, 0.6) is 11.5 Å². The van der Waals surface area contributed by atoms with Crippen LogP contribution in [0.2, 0.25) is 0 Å². The van der Waals surface area contributed by atoms with E-state index in [1.165, 1.54) is 39.2 Å². The van der Waals surface area contributed by atoms with Gasteiger partial charge in [0.25, 0.3) is 0 Å². The maximum Gasteiger partial charge on any atom is 0.247 e. The number of amides is 2. The normalized spacial score (nSPS) is 19.5. The number of nitrogens with one attached hydrogen (secondary N) is 2. The van der Waals surface area contributed by atoms with Crippen molar-refractivity contribution >= 4 is 29.0 Å². The highest BCUT2D eigenvalue weighted by molar-refractivity contribution is 5.96. The summed E-state index contributed by atoms with van der Waals surface area (Å²) in [4.78, 5) is 44.7. The Labute approximate surface area is 288 Å². The zero-order valence-electron chi connectivity index (χ0n) is 28.8. The standard InChI is InChI=1S/C39H51N3O7/c1-3-4-5-6-7-8-9-10-11-16-34(45)42(19-17-28-23-27-14-12-13-15-31(27)41-28)32-24-30(39(47)40-18-20-43)35-29-21-26(25-44)22-33(48-2)37(29)49-38(35)36(32)46/h12-15,21-25,32,35-36,38,41,43,46H,3-11,16-20H2,1-2H3,(H,40,47). The molecule has 0 radical (unpaired) electrons. The number of ether oxygens (including phenoxy) is 2. The van der Waals surface area contributed by atoms with Gasteiger partial charge in [0, 0.05) is 53.8 Å². The van der Waals surface area contributed by atoms with Gasteiger partial charge < -0.3 is 34.9 Å². The Balaban J connectivity index is 1.41. The van der Waals surface area contributed by atoms with Crippen LogP contribution in [0.3, 0.4) is 0 Å². The van der Waals surface area contributed by atoms with Crippen molar-refractivity contribution in [2.75, 3.05) is 26.8 Å². The molecule has 2 heterocycles. The highest BCUT2D eigenvalue weighted by atomic mass is 16.5. The third kappa shape index (κ3) is 8.54. The number of aliphatic hydroxyl groups is 2. The summed E-state index contributed by atoms with van der Waals surface area (Å²) < 4.78 is 11.9. The lowest BCUT2D eigenvalue weighted by molar-refractivity contribution is -0.137. The number of nitrogens with zero attached hydrogens (tertiary/aromatic N) is 1. The van der Waals surface area contributed by atoms with Gasteiger partial charge in [0.05, 0.1) is 25.7 Å². The molecule has 5 rings (SSSR count). The summed E-state index contributed by atoms with van der Waals surface area (Å²) >= 11 is 0. The Hall–Kier alpha value is -4.15. The number of rotatable bonds is 19.